The van der Waals surface area contributed by atoms with Crippen molar-refractivity contribution < 1.29 is 14.3 Å². The van der Waals surface area contributed by atoms with Crippen molar-refractivity contribution in [2.24, 2.45) is 0 Å². The van der Waals surface area contributed by atoms with E-state index < -0.39 is 6.04 Å². The zero-order chi connectivity index (χ0) is 16.8. The van der Waals surface area contributed by atoms with Crippen molar-refractivity contribution in [2.75, 3.05) is 20.2 Å². The van der Waals surface area contributed by atoms with Gasteiger partial charge in [-0.15, -0.1) is 0 Å². The quantitative estimate of drug-likeness (QED) is 0.838. The molecule has 1 N–H and O–H groups in total. The van der Waals surface area contributed by atoms with Gasteiger partial charge in [-0.2, -0.15) is 0 Å². The Kier molecular flexibility index (Phi) is 6.42. The summed E-state index contributed by atoms with van der Waals surface area (Å²) >= 11 is 6.06. The van der Waals surface area contributed by atoms with Gasteiger partial charge in [0.15, 0.2) is 0 Å². The van der Waals surface area contributed by atoms with Crippen LogP contribution in [0.5, 0.6) is 0 Å². The maximum atomic E-state index is 12.3. The van der Waals surface area contributed by atoms with Gasteiger partial charge >= 0.3 is 5.97 Å². The predicted molar refractivity (Wildman–Crippen MR) is 89.2 cm³/mol. The van der Waals surface area contributed by atoms with Crippen LogP contribution in [-0.4, -0.2) is 43.0 Å². The number of benzene rings is 1. The molecule has 0 aliphatic carbocycles. The molecule has 1 amide bonds. The first kappa shape index (κ1) is 17.8. The Labute approximate surface area is 141 Å². The van der Waals surface area contributed by atoms with E-state index in [1.807, 2.05) is 19.1 Å². The Balaban J connectivity index is 2.18. The van der Waals surface area contributed by atoms with E-state index in [0.717, 1.165) is 24.9 Å². The van der Waals surface area contributed by atoms with Gasteiger partial charge in [0.05, 0.1) is 7.11 Å². The molecular formula is C17H23ClN2O3. The molecule has 23 heavy (non-hydrogen) atoms. The van der Waals surface area contributed by atoms with Gasteiger partial charge in [-0.1, -0.05) is 30.7 Å². The van der Waals surface area contributed by atoms with Crippen molar-refractivity contribution >= 4 is 23.5 Å². The van der Waals surface area contributed by atoms with Gasteiger partial charge in [0.25, 0.3) is 0 Å². The van der Waals surface area contributed by atoms with Gasteiger partial charge in [-0.3, -0.25) is 9.69 Å². The molecule has 1 saturated heterocycles. The number of amides is 1. The van der Waals surface area contributed by atoms with Crippen LogP contribution in [0.4, 0.5) is 0 Å². The summed E-state index contributed by atoms with van der Waals surface area (Å²) in [5.74, 6) is -0.274. The first-order valence-electron chi connectivity index (χ1n) is 7.91. The number of hydrogen-bond acceptors (Lipinski definition) is 4. The molecule has 1 aromatic rings. The van der Waals surface area contributed by atoms with Gasteiger partial charge < -0.3 is 10.1 Å². The summed E-state index contributed by atoms with van der Waals surface area (Å²) in [4.78, 5) is 26.0. The summed E-state index contributed by atoms with van der Waals surface area (Å²) in [7, 11) is 1.39. The Morgan fingerprint density at radius 3 is 2.91 bits per heavy atom. The van der Waals surface area contributed by atoms with Gasteiger partial charge in [0, 0.05) is 24.0 Å². The summed E-state index contributed by atoms with van der Waals surface area (Å²) in [5.41, 5.74) is 0.812. The molecule has 6 heteroatoms. The van der Waals surface area contributed by atoms with Crippen LogP contribution < -0.4 is 5.32 Å². The van der Waals surface area contributed by atoms with E-state index >= 15 is 0 Å². The van der Waals surface area contributed by atoms with E-state index in [2.05, 4.69) is 10.2 Å². The zero-order valence-corrected chi connectivity index (χ0v) is 14.3. The Bertz CT molecular complexity index is 565. The number of hydrogen-bond donors (Lipinski definition) is 1. The minimum absolute atomic E-state index is 0.0363. The standard InChI is InChI=1S/C17H23ClN2O3/c1-3-15(21)19-14-8-5-9-20(11-14)16(17(22)23-2)12-6-4-7-13(18)10-12/h4,6-7,10,14,16H,3,5,8-9,11H2,1-2H3,(H,19,21)/t14-,16-/m0/s1. The molecule has 126 valence electrons. The highest BCUT2D eigenvalue weighted by molar-refractivity contribution is 6.30. The topological polar surface area (TPSA) is 58.6 Å². The first-order valence-corrected chi connectivity index (χ1v) is 8.29. The predicted octanol–water partition coefficient (Wildman–Crippen LogP) is 2.54. The van der Waals surface area contributed by atoms with Crippen molar-refractivity contribution in [3.63, 3.8) is 0 Å². The summed E-state index contributed by atoms with van der Waals surface area (Å²) in [6.07, 6.45) is 2.31. The van der Waals surface area contributed by atoms with Crippen molar-refractivity contribution in [3.8, 4) is 0 Å². The molecule has 0 unspecified atom stereocenters. The molecular weight excluding hydrogens is 316 g/mol. The molecule has 0 bridgehead atoms. The van der Waals surface area contributed by atoms with Crippen LogP contribution in [0.2, 0.25) is 5.02 Å². The lowest BCUT2D eigenvalue weighted by molar-refractivity contribution is -0.148. The highest BCUT2D eigenvalue weighted by Gasteiger charge is 2.32. The fraction of sp³-hybridized carbons (Fsp3) is 0.529. The number of carbonyl (C=O) groups excluding carboxylic acids is 2. The van der Waals surface area contributed by atoms with Gasteiger partial charge in [0.1, 0.15) is 6.04 Å². The summed E-state index contributed by atoms with van der Waals surface area (Å²) < 4.78 is 4.99. The van der Waals surface area contributed by atoms with Gasteiger partial charge in [-0.05, 0) is 37.1 Å². The van der Waals surface area contributed by atoms with Crippen molar-refractivity contribution in [1.29, 1.82) is 0 Å². The number of ether oxygens (including phenoxy) is 1. The number of nitrogens with zero attached hydrogens (tertiary/aromatic N) is 1. The normalized spacial score (nSPS) is 19.9. The maximum absolute atomic E-state index is 12.3. The van der Waals surface area contributed by atoms with Crippen LogP contribution >= 0.6 is 11.6 Å². The lowest BCUT2D eigenvalue weighted by atomic mass is 9.99. The number of rotatable bonds is 5. The number of halogens is 1. The van der Waals surface area contributed by atoms with E-state index in [1.54, 1.807) is 12.1 Å². The Morgan fingerprint density at radius 2 is 2.26 bits per heavy atom. The molecule has 0 saturated carbocycles. The van der Waals surface area contributed by atoms with Crippen molar-refractivity contribution in [3.05, 3.63) is 34.9 Å². The molecule has 0 aromatic heterocycles. The van der Waals surface area contributed by atoms with Crippen LogP contribution in [-0.2, 0) is 14.3 Å². The van der Waals surface area contributed by atoms with Crippen LogP contribution in [0.25, 0.3) is 0 Å². The highest BCUT2D eigenvalue weighted by atomic mass is 35.5. The Hall–Kier alpha value is -1.59. The fourth-order valence-corrected chi connectivity index (χ4v) is 3.17. The number of esters is 1. The molecule has 1 heterocycles. The lowest BCUT2D eigenvalue weighted by Crippen LogP contribution is -2.50. The fourth-order valence-electron chi connectivity index (χ4n) is 2.97. The van der Waals surface area contributed by atoms with Crippen LogP contribution in [0.3, 0.4) is 0 Å². The highest BCUT2D eigenvalue weighted by Crippen LogP contribution is 2.27. The second-order valence-electron chi connectivity index (χ2n) is 5.74. The number of carbonyl (C=O) groups is 2. The summed E-state index contributed by atoms with van der Waals surface area (Å²) in [6, 6.07) is 6.83. The number of nitrogens with one attached hydrogen (secondary N) is 1. The molecule has 0 radical (unpaired) electrons. The third kappa shape index (κ3) is 4.69. The average Bonchev–Trinajstić information content (AvgIpc) is 2.55. The van der Waals surface area contributed by atoms with E-state index in [-0.39, 0.29) is 17.9 Å². The third-order valence-corrected chi connectivity index (χ3v) is 4.33. The zero-order valence-electron chi connectivity index (χ0n) is 13.5. The molecule has 1 aliphatic heterocycles. The largest absolute Gasteiger partial charge is 0.468 e. The maximum Gasteiger partial charge on any atom is 0.327 e. The molecule has 1 aliphatic rings. The van der Waals surface area contributed by atoms with Crippen LogP contribution in [0.1, 0.15) is 37.8 Å². The second-order valence-corrected chi connectivity index (χ2v) is 6.17. The SMILES string of the molecule is CCC(=O)N[C@H]1CCCN([C@H](C(=O)OC)c2cccc(Cl)c2)C1. The van der Waals surface area contributed by atoms with Crippen LogP contribution in [0, 0.1) is 0 Å². The van der Waals surface area contributed by atoms with E-state index in [0.29, 0.717) is 18.0 Å². The minimum atomic E-state index is -0.500. The third-order valence-electron chi connectivity index (χ3n) is 4.09. The van der Waals surface area contributed by atoms with Crippen LogP contribution in [0.15, 0.2) is 24.3 Å². The molecule has 2 rings (SSSR count). The lowest BCUT2D eigenvalue weighted by Gasteiger charge is -2.37. The second kappa shape index (κ2) is 8.31. The molecule has 2 atom stereocenters. The van der Waals surface area contributed by atoms with E-state index in [9.17, 15) is 9.59 Å². The monoisotopic (exact) mass is 338 g/mol. The number of methoxy groups -OCH3 is 1. The molecule has 0 spiro atoms. The average molecular weight is 339 g/mol. The first-order chi connectivity index (χ1) is 11.0. The van der Waals surface area contributed by atoms with Gasteiger partial charge in [-0.25, -0.2) is 4.79 Å². The molecule has 1 aromatic carbocycles. The van der Waals surface area contributed by atoms with Crippen molar-refractivity contribution in [1.82, 2.24) is 10.2 Å². The van der Waals surface area contributed by atoms with Gasteiger partial charge in [0.2, 0.25) is 5.91 Å². The molecule has 5 nitrogen and oxygen atoms in total. The molecule has 1 fully saturated rings. The van der Waals surface area contributed by atoms with E-state index in [1.165, 1.54) is 7.11 Å². The number of likely N-dealkylation sites (tertiary alicyclic amines) is 1. The van der Waals surface area contributed by atoms with Crippen molar-refractivity contribution in [2.45, 2.75) is 38.3 Å². The smallest absolute Gasteiger partial charge is 0.327 e. The summed E-state index contributed by atoms with van der Waals surface area (Å²) in [5, 5.41) is 3.60. The Morgan fingerprint density at radius 1 is 1.48 bits per heavy atom. The number of piperidine rings is 1. The van der Waals surface area contributed by atoms with E-state index in [4.69, 9.17) is 16.3 Å². The minimum Gasteiger partial charge on any atom is -0.468 e. The summed E-state index contributed by atoms with van der Waals surface area (Å²) in [6.45, 7) is 3.24.